The van der Waals surface area contributed by atoms with Crippen molar-refractivity contribution in [3.05, 3.63) is 65.5 Å². The number of hydrogen-bond acceptors (Lipinski definition) is 5. The highest BCUT2D eigenvalue weighted by molar-refractivity contribution is 5.94. The summed E-state index contributed by atoms with van der Waals surface area (Å²) in [5, 5.41) is 3.01. The maximum absolute atomic E-state index is 13.2. The van der Waals surface area contributed by atoms with E-state index in [9.17, 15) is 18.8 Å². The topological polar surface area (TPSA) is 84.9 Å². The number of nitrogens with zero attached hydrogens (tertiary/aromatic N) is 1. The summed E-state index contributed by atoms with van der Waals surface area (Å²) in [6.07, 6.45) is 1.33. The fraction of sp³-hybridized carbons (Fsp3) is 0.375. The summed E-state index contributed by atoms with van der Waals surface area (Å²) in [6, 6.07) is 12.6. The van der Waals surface area contributed by atoms with E-state index in [0.29, 0.717) is 50.1 Å². The molecule has 32 heavy (non-hydrogen) atoms. The summed E-state index contributed by atoms with van der Waals surface area (Å²) in [5.41, 5.74) is 1.29. The summed E-state index contributed by atoms with van der Waals surface area (Å²) in [6.45, 7) is 2.98. The van der Waals surface area contributed by atoms with Crippen molar-refractivity contribution in [1.29, 1.82) is 0 Å². The number of piperidine rings is 1. The van der Waals surface area contributed by atoms with Crippen LogP contribution in [-0.4, -0.2) is 48.6 Å². The summed E-state index contributed by atoms with van der Waals surface area (Å²) >= 11 is 0. The van der Waals surface area contributed by atoms with Gasteiger partial charge in [-0.2, -0.15) is 0 Å². The Hall–Kier alpha value is -3.42. The van der Waals surface area contributed by atoms with Crippen molar-refractivity contribution in [2.45, 2.75) is 38.6 Å². The van der Waals surface area contributed by atoms with Gasteiger partial charge in [0.25, 0.3) is 5.91 Å². The zero-order chi connectivity index (χ0) is 22.9. The lowest BCUT2D eigenvalue weighted by molar-refractivity contribution is -0.122. The molecule has 2 aromatic carbocycles. The van der Waals surface area contributed by atoms with Crippen LogP contribution in [0.3, 0.4) is 0 Å². The third-order valence-corrected chi connectivity index (χ3v) is 5.24. The molecule has 0 aliphatic carbocycles. The fourth-order valence-electron chi connectivity index (χ4n) is 3.57. The maximum Gasteiger partial charge on any atom is 0.513 e. The average Bonchev–Trinajstić information content (AvgIpc) is 2.78. The normalized spacial score (nSPS) is 14.0. The van der Waals surface area contributed by atoms with E-state index >= 15 is 0 Å². The molecule has 0 spiro atoms. The summed E-state index contributed by atoms with van der Waals surface area (Å²) in [4.78, 5) is 38.0. The zero-order valence-corrected chi connectivity index (χ0v) is 18.0. The van der Waals surface area contributed by atoms with E-state index in [1.807, 2.05) is 0 Å². The highest BCUT2D eigenvalue weighted by Crippen LogP contribution is 2.18. The van der Waals surface area contributed by atoms with Crippen LogP contribution in [0.15, 0.2) is 48.5 Å². The Morgan fingerprint density at radius 1 is 1.09 bits per heavy atom. The number of carbonyl (C=O) groups is 3. The molecule has 0 bridgehead atoms. The Labute approximate surface area is 186 Å². The first-order valence-corrected chi connectivity index (χ1v) is 10.7. The van der Waals surface area contributed by atoms with E-state index in [1.165, 1.54) is 12.1 Å². The third-order valence-electron chi connectivity index (χ3n) is 5.24. The molecule has 0 radical (unpaired) electrons. The molecule has 170 valence electrons. The minimum absolute atomic E-state index is 0.0133. The molecule has 0 unspecified atom stereocenters. The monoisotopic (exact) mass is 442 g/mol. The van der Waals surface area contributed by atoms with Gasteiger partial charge >= 0.3 is 6.16 Å². The van der Waals surface area contributed by atoms with Crippen LogP contribution >= 0.6 is 0 Å². The molecular weight excluding hydrogens is 415 g/mol. The number of halogens is 1. The lowest BCUT2D eigenvalue weighted by atomic mass is 10.0. The van der Waals surface area contributed by atoms with Gasteiger partial charge in [0.15, 0.2) is 0 Å². The Kier molecular flexibility index (Phi) is 8.19. The average molecular weight is 442 g/mol. The van der Waals surface area contributed by atoms with Gasteiger partial charge in [-0.05, 0) is 68.1 Å². The van der Waals surface area contributed by atoms with Gasteiger partial charge < -0.3 is 19.7 Å². The van der Waals surface area contributed by atoms with E-state index < -0.39 is 6.16 Å². The third kappa shape index (κ3) is 6.80. The number of rotatable bonds is 7. The highest BCUT2D eigenvalue weighted by Gasteiger charge is 2.24. The van der Waals surface area contributed by atoms with Crippen LogP contribution < -0.4 is 10.1 Å². The van der Waals surface area contributed by atoms with Gasteiger partial charge in [0.05, 0.1) is 6.61 Å². The van der Waals surface area contributed by atoms with Crippen molar-refractivity contribution in [2.75, 3.05) is 19.7 Å². The van der Waals surface area contributed by atoms with Crippen LogP contribution in [0.5, 0.6) is 5.75 Å². The smallest absolute Gasteiger partial charge is 0.434 e. The van der Waals surface area contributed by atoms with Gasteiger partial charge in [-0.15, -0.1) is 0 Å². The molecule has 0 atom stereocenters. The largest absolute Gasteiger partial charge is 0.513 e. The molecule has 0 aromatic heterocycles. The second kappa shape index (κ2) is 11.3. The molecule has 1 N–H and O–H groups in total. The maximum atomic E-state index is 13.2. The Morgan fingerprint density at radius 3 is 2.47 bits per heavy atom. The van der Waals surface area contributed by atoms with Gasteiger partial charge in [-0.25, -0.2) is 9.18 Å². The van der Waals surface area contributed by atoms with E-state index in [-0.39, 0.29) is 30.3 Å². The van der Waals surface area contributed by atoms with E-state index in [1.54, 1.807) is 48.2 Å². The van der Waals surface area contributed by atoms with Crippen molar-refractivity contribution >= 4 is 18.0 Å². The first-order chi connectivity index (χ1) is 15.4. The van der Waals surface area contributed by atoms with Gasteiger partial charge in [0, 0.05) is 31.1 Å². The number of nitrogens with one attached hydrogen (secondary N) is 1. The molecule has 1 heterocycles. The molecule has 1 aliphatic heterocycles. The molecule has 2 amide bonds. The summed E-state index contributed by atoms with van der Waals surface area (Å²) in [5.74, 6) is -0.180. The summed E-state index contributed by atoms with van der Waals surface area (Å²) < 4.78 is 22.9. The molecule has 1 fully saturated rings. The predicted molar refractivity (Wildman–Crippen MR) is 116 cm³/mol. The second-order valence-corrected chi connectivity index (χ2v) is 7.57. The molecule has 7 nitrogen and oxygen atoms in total. The minimum Gasteiger partial charge on any atom is -0.434 e. The van der Waals surface area contributed by atoms with Gasteiger partial charge in [-0.3, -0.25) is 9.59 Å². The van der Waals surface area contributed by atoms with Crippen LogP contribution in [-0.2, 0) is 16.0 Å². The Morgan fingerprint density at radius 2 is 1.81 bits per heavy atom. The predicted octanol–water partition coefficient (Wildman–Crippen LogP) is 3.71. The van der Waals surface area contributed by atoms with E-state index in [2.05, 4.69) is 5.32 Å². The van der Waals surface area contributed by atoms with Crippen LogP contribution in [0, 0.1) is 5.82 Å². The molecule has 0 saturated carbocycles. The SMILES string of the molecule is CCOC(=O)Oc1ccc(C(=O)N2CCC(NC(=O)CCc3cccc(F)c3)CC2)cc1. The standard InChI is InChI=1S/C24H27FN2O5/c1-2-31-24(30)32-21-9-7-18(8-10-21)23(29)27-14-12-20(13-15-27)26-22(28)11-6-17-4-3-5-19(25)16-17/h3-5,7-10,16,20H,2,6,11-15H2,1H3,(H,26,28). The molecule has 1 saturated heterocycles. The number of likely N-dealkylation sites (tertiary alicyclic amines) is 1. The lowest BCUT2D eigenvalue weighted by Gasteiger charge is -2.32. The quantitative estimate of drug-likeness (QED) is 0.522. The van der Waals surface area contributed by atoms with Crippen molar-refractivity contribution < 1.29 is 28.2 Å². The number of amides is 2. The number of aryl methyl sites for hydroxylation is 1. The fourth-order valence-corrected chi connectivity index (χ4v) is 3.57. The number of hydrogen-bond donors (Lipinski definition) is 1. The van der Waals surface area contributed by atoms with E-state index in [4.69, 9.17) is 9.47 Å². The van der Waals surface area contributed by atoms with Crippen LogP contribution in [0.2, 0.25) is 0 Å². The Bertz CT molecular complexity index is 940. The number of ether oxygens (including phenoxy) is 2. The number of carbonyl (C=O) groups excluding carboxylic acids is 3. The van der Waals surface area contributed by atoms with Crippen molar-refractivity contribution in [1.82, 2.24) is 10.2 Å². The highest BCUT2D eigenvalue weighted by atomic mass is 19.1. The minimum atomic E-state index is -0.786. The van der Waals surface area contributed by atoms with Crippen molar-refractivity contribution in [3.8, 4) is 5.75 Å². The van der Waals surface area contributed by atoms with Crippen LogP contribution in [0.25, 0.3) is 0 Å². The molecule has 8 heteroatoms. The first-order valence-electron chi connectivity index (χ1n) is 10.7. The summed E-state index contributed by atoms with van der Waals surface area (Å²) in [7, 11) is 0. The molecule has 2 aromatic rings. The van der Waals surface area contributed by atoms with E-state index in [0.717, 1.165) is 5.56 Å². The second-order valence-electron chi connectivity index (χ2n) is 7.57. The van der Waals surface area contributed by atoms with Crippen LogP contribution in [0.1, 0.15) is 42.1 Å². The first kappa shape index (κ1) is 23.2. The number of benzene rings is 2. The van der Waals surface area contributed by atoms with Crippen molar-refractivity contribution in [2.24, 2.45) is 0 Å². The Balaban J connectivity index is 1.42. The van der Waals surface area contributed by atoms with Gasteiger partial charge in [0.2, 0.25) is 5.91 Å². The zero-order valence-electron chi connectivity index (χ0n) is 18.0. The van der Waals surface area contributed by atoms with Crippen molar-refractivity contribution in [3.63, 3.8) is 0 Å². The molecular formula is C24H27FN2O5. The van der Waals surface area contributed by atoms with Gasteiger partial charge in [-0.1, -0.05) is 12.1 Å². The lowest BCUT2D eigenvalue weighted by Crippen LogP contribution is -2.46. The molecule has 1 aliphatic rings. The van der Waals surface area contributed by atoms with Crippen LogP contribution in [0.4, 0.5) is 9.18 Å². The molecule has 3 rings (SSSR count). The van der Waals surface area contributed by atoms with Gasteiger partial charge in [0.1, 0.15) is 11.6 Å².